The first-order valence-electron chi connectivity index (χ1n) is 5.53. The fraction of sp³-hybridized carbons (Fsp3) is 0.417. The predicted molar refractivity (Wildman–Crippen MR) is 57.5 cm³/mol. The van der Waals surface area contributed by atoms with Gasteiger partial charge in [0.15, 0.2) is 0 Å². The van der Waals surface area contributed by atoms with Crippen LogP contribution in [0.5, 0.6) is 5.75 Å². The first kappa shape index (κ1) is 16.3. The molecule has 0 aliphatic rings. The number of hydrogen-bond acceptors (Lipinski definition) is 2. The maximum Gasteiger partial charge on any atom is 0.461 e. The molecule has 0 saturated heterocycles. The molecule has 0 saturated carbocycles. The van der Waals surface area contributed by atoms with E-state index >= 15 is 0 Å². The van der Waals surface area contributed by atoms with E-state index in [2.05, 4.69) is 0 Å². The summed E-state index contributed by atoms with van der Waals surface area (Å²) in [7, 11) is 0. The number of Topliss-reactive ketones (excluding diaryl/α,β-unsaturated/α-hetero) is 1. The van der Waals surface area contributed by atoms with Crippen LogP contribution >= 0.6 is 0 Å². The summed E-state index contributed by atoms with van der Waals surface area (Å²) >= 11 is 0. The van der Waals surface area contributed by atoms with E-state index in [0.29, 0.717) is 18.6 Å². The molecule has 1 rings (SSSR count). The number of benzene rings is 1. The number of ketones is 1. The van der Waals surface area contributed by atoms with E-state index in [1.807, 2.05) is 0 Å². The molecule has 0 unspecified atom stereocenters. The van der Waals surface area contributed by atoms with E-state index in [0.717, 1.165) is 6.07 Å². The number of halogens is 6. The summed E-state index contributed by atoms with van der Waals surface area (Å²) < 4.78 is 80.3. The fourth-order valence-electron chi connectivity index (χ4n) is 1.29. The molecule has 1 aromatic rings. The molecule has 0 aliphatic carbocycles. The Balaban J connectivity index is 3.15. The van der Waals surface area contributed by atoms with Crippen LogP contribution in [0.1, 0.15) is 23.7 Å². The topological polar surface area (TPSA) is 26.3 Å². The van der Waals surface area contributed by atoms with Crippen LogP contribution in [0.3, 0.4) is 0 Å². The molecule has 0 fully saturated rings. The Hall–Kier alpha value is -1.73. The van der Waals surface area contributed by atoms with Gasteiger partial charge in [0.25, 0.3) is 0 Å². The van der Waals surface area contributed by atoms with Crippen LogP contribution < -0.4 is 4.74 Å². The molecule has 0 heterocycles. The Kier molecular flexibility index (Phi) is 4.67. The normalized spacial score (nSPS) is 12.3. The standard InChI is InChI=1S/C12H10F6O2/c1-2-5-20-7-3-4-9(13)8(6-7)10(19)11(14,15)12(16,17)18/h3-4,6H,2,5H2,1H3. The number of hydrogen-bond donors (Lipinski definition) is 0. The van der Waals surface area contributed by atoms with Crippen LogP contribution in [-0.4, -0.2) is 24.5 Å². The minimum Gasteiger partial charge on any atom is -0.494 e. The molecule has 1 aromatic carbocycles. The predicted octanol–water partition coefficient (Wildman–Crippen LogP) is 3.99. The first-order valence-corrected chi connectivity index (χ1v) is 5.53. The zero-order chi connectivity index (χ0) is 15.6. The van der Waals surface area contributed by atoms with Gasteiger partial charge in [0.1, 0.15) is 11.6 Å². The van der Waals surface area contributed by atoms with Crippen molar-refractivity contribution in [3.8, 4) is 5.75 Å². The van der Waals surface area contributed by atoms with Crippen molar-refractivity contribution in [2.24, 2.45) is 0 Å². The molecule has 112 valence electrons. The van der Waals surface area contributed by atoms with E-state index < -0.39 is 29.3 Å². The number of ether oxygens (including phenoxy) is 1. The van der Waals surface area contributed by atoms with Gasteiger partial charge in [-0.3, -0.25) is 4.79 Å². The molecule has 0 bridgehead atoms. The summed E-state index contributed by atoms with van der Waals surface area (Å²) in [6, 6.07) is 2.17. The summed E-state index contributed by atoms with van der Waals surface area (Å²) in [5.74, 6) is -9.93. The highest BCUT2D eigenvalue weighted by atomic mass is 19.4. The minimum absolute atomic E-state index is 0.148. The lowest BCUT2D eigenvalue weighted by molar-refractivity contribution is -0.255. The van der Waals surface area contributed by atoms with Crippen LogP contribution in [0.15, 0.2) is 18.2 Å². The van der Waals surface area contributed by atoms with Gasteiger partial charge in [-0.15, -0.1) is 0 Å². The molecule has 0 amide bonds. The van der Waals surface area contributed by atoms with Crippen molar-refractivity contribution in [3.63, 3.8) is 0 Å². The Bertz CT molecular complexity index is 495. The lowest BCUT2D eigenvalue weighted by Gasteiger charge is -2.18. The molecule has 0 radical (unpaired) electrons. The molecule has 0 aliphatic heterocycles. The van der Waals surface area contributed by atoms with Crippen molar-refractivity contribution in [2.45, 2.75) is 25.4 Å². The van der Waals surface area contributed by atoms with Gasteiger partial charge >= 0.3 is 12.1 Å². The van der Waals surface area contributed by atoms with Crippen molar-refractivity contribution in [1.82, 2.24) is 0 Å². The molecule has 0 N–H and O–H groups in total. The van der Waals surface area contributed by atoms with Gasteiger partial charge in [0.05, 0.1) is 12.2 Å². The average molecular weight is 300 g/mol. The third-order valence-corrected chi connectivity index (χ3v) is 2.30. The number of rotatable bonds is 5. The first-order chi connectivity index (χ1) is 9.11. The van der Waals surface area contributed by atoms with E-state index in [-0.39, 0.29) is 12.4 Å². The summed E-state index contributed by atoms with van der Waals surface area (Å²) in [6.45, 7) is 1.88. The summed E-state index contributed by atoms with van der Waals surface area (Å²) in [5.41, 5.74) is -1.36. The molecular weight excluding hydrogens is 290 g/mol. The van der Waals surface area contributed by atoms with Crippen LogP contribution in [0.4, 0.5) is 26.3 Å². The third-order valence-electron chi connectivity index (χ3n) is 2.30. The SMILES string of the molecule is CCCOc1ccc(F)c(C(=O)C(F)(F)C(F)(F)F)c1. The van der Waals surface area contributed by atoms with Crippen LogP contribution in [-0.2, 0) is 0 Å². The Morgan fingerprint density at radius 3 is 2.30 bits per heavy atom. The number of carbonyl (C=O) groups excluding carboxylic acids is 1. The van der Waals surface area contributed by atoms with Crippen LogP contribution in [0.25, 0.3) is 0 Å². The number of carbonyl (C=O) groups is 1. The van der Waals surface area contributed by atoms with Gasteiger partial charge < -0.3 is 4.74 Å². The second kappa shape index (κ2) is 5.72. The average Bonchev–Trinajstić information content (AvgIpc) is 2.35. The zero-order valence-corrected chi connectivity index (χ0v) is 10.2. The van der Waals surface area contributed by atoms with E-state index in [1.54, 1.807) is 6.92 Å². The van der Waals surface area contributed by atoms with Crippen molar-refractivity contribution < 1.29 is 35.9 Å². The van der Waals surface area contributed by atoms with Gasteiger partial charge in [-0.1, -0.05) is 6.92 Å². The lowest BCUT2D eigenvalue weighted by atomic mass is 10.0. The Labute approximate surface area is 110 Å². The summed E-state index contributed by atoms with van der Waals surface area (Å²) in [6.07, 6.45) is -5.55. The second-order valence-corrected chi connectivity index (χ2v) is 3.89. The molecule has 0 spiro atoms. The maximum absolute atomic E-state index is 13.3. The quantitative estimate of drug-likeness (QED) is 0.607. The van der Waals surface area contributed by atoms with Gasteiger partial charge in [-0.05, 0) is 24.6 Å². The van der Waals surface area contributed by atoms with E-state index in [9.17, 15) is 31.1 Å². The van der Waals surface area contributed by atoms with Gasteiger partial charge in [0, 0.05) is 0 Å². The summed E-state index contributed by atoms with van der Waals surface area (Å²) in [4.78, 5) is 11.2. The maximum atomic E-state index is 13.3. The largest absolute Gasteiger partial charge is 0.494 e. The smallest absolute Gasteiger partial charge is 0.461 e. The van der Waals surface area contributed by atoms with E-state index in [1.165, 1.54) is 0 Å². The van der Waals surface area contributed by atoms with Crippen molar-refractivity contribution in [1.29, 1.82) is 0 Å². The highest BCUT2D eigenvalue weighted by Crippen LogP contribution is 2.38. The highest BCUT2D eigenvalue weighted by molar-refractivity contribution is 6.02. The van der Waals surface area contributed by atoms with Gasteiger partial charge in [0.2, 0.25) is 5.78 Å². The molecule has 0 atom stereocenters. The molecule has 2 nitrogen and oxygen atoms in total. The minimum atomic E-state index is -6.09. The second-order valence-electron chi connectivity index (χ2n) is 3.89. The molecular formula is C12H10F6O2. The van der Waals surface area contributed by atoms with Gasteiger partial charge in [-0.25, -0.2) is 4.39 Å². The highest BCUT2D eigenvalue weighted by Gasteiger charge is 2.63. The lowest BCUT2D eigenvalue weighted by Crippen LogP contribution is -2.44. The Morgan fingerprint density at radius 2 is 1.80 bits per heavy atom. The molecule has 8 heteroatoms. The van der Waals surface area contributed by atoms with Crippen molar-refractivity contribution >= 4 is 5.78 Å². The molecule has 20 heavy (non-hydrogen) atoms. The Morgan fingerprint density at radius 1 is 1.20 bits per heavy atom. The van der Waals surface area contributed by atoms with Crippen molar-refractivity contribution in [2.75, 3.05) is 6.61 Å². The molecule has 0 aromatic heterocycles. The summed E-state index contributed by atoms with van der Waals surface area (Å²) in [5, 5.41) is 0. The van der Waals surface area contributed by atoms with Crippen LogP contribution in [0.2, 0.25) is 0 Å². The van der Waals surface area contributed by atoms with Crippen molar-refractivity contribution in [3.05, 3.63) is 29.6 Å². The number of alkyl halides is 5. The van der Waals surface area contributed by atoms with Crippen LogP contribution in [0, 0.1) is 5.82 Å². The zero-order valence-electron chi connectivity index (χ0n) is 10.2. The fourth-order valence-corrected chi connectivity index (χ4v) is 1.29. The third kappa shape index (κ3) is 3.23. The van der Waals surface area contributed by atoms with Gasteiger partial charge in [-0.2, -0.15) is 22.0 Å². The van der Waals surface area contributed by atoms with E-state index in [4.69, 9.17) is 4.74 Å². The monoisotopic (exact) mass is 300 g/mol.